The number of rotatable bonds is 5. The van der Waals surface area contributed by atoms with E-state index in [9.17, 15) is 16.8 Å². The highest BCUT2D eigenvalue weighted by atomic mass is 32.2. The summed E-state index contributed by atoms with van der Waals surface area (Å²) in [6, 6.07) is 11.4. The van der Waals surface area contributed by atoms with Crippen LogP contribution in [-0.2, 0) is 19.9 Å². The molecule has 2 aromatic carbocycles. The van der Waals surface area contributed by atoms with Gasteiger partial charge in [0, 0.05) is 11.9 Å². The summed E-state index contributed by atoms with van der Waals surface area (Å²) in [6.07, 6.45) is 1.06. The van der Waals surface area contributed by atoms with Gasteiger partial charge in [-0.1, -0.05) is 0 Å². The van der Waals surface area contributed by atoms with Gasteiger partial charge >= 0.3 is 0 Å². The number of benzene rings is 2. The third-order valence-corrected chi connectivity index (χ3v) is 5.43. The van der Waals surface area contributed by atoms with Gasteiger partial charge in [-0.2, -0.15) is 0 Å². The Bertz CT molecular complexity index is 854. The fourth-order valence-corrected chi connectivity index (χ4v) is 3.43. The second-order valence-corrected chi connectivity index (χ2v) is 8.28. The molecular weight excluding hydrogens is 326 g/mol. The van der Waals surface area contributed by atoms with Crippen LogP contribution < -0.4 is 9.46 Å². The average Bonchev–Trinajstić information content (AvgIpc) is 2.47. The molecule has 0 atom stereocenters. The van der Waals surface area contributed by atoms with Crippen molar-refractivity contribution in [2.45, 2.75) is 9.79 Å². The zero-order valence-electron chi connectivity index (χ0n) is 12.0. The van der Waals surface area contributed by atoms with E-state index in [-0.39, 0.29) is 9.79 Å². The summed E-state index contributed by atoms with van der Waals surface area (Å²) < 4.78 is 54.6. The molecule has 6 nitrogen and oxygen atoms in total. The molecule has 22 heavy (non-hydrogen) atoms. The summed E-state index contributed by atoms with van der Waals surface area (Å²) in [5, 5.41) is 0. The second kappa shape index (κ2) is 5.98. The summed E-state index contributed by atoms with van der Waals surface area (Å²) in [5.41, 5.74) is 0.382. The summed E-state index contributed by atoms with van der Waals surface area (Å²) in [4.78, 5) is 0.0478. The van der Waals surface area contributed by atoms with E-state index in [0.717, 1.165) is 6.26 Å². The van der Waals surface area contributed by atoms with Crippen LogP contribution in [0.2, 0.25) is 0 Å². The van der Waals surface area contributed by atoms with E-state index in [4.69, 9.17) is 4.74 Å². The van der Waals surface area contributed by atoms with Crippen LogP contribution in [0, 0.1) is 0 Å². The van der Waals surface area contributed by atoms with Crippen molar-refractivity contribution in [2.24, 2.45) is 0 Å². The van der Waals surface area contributed by atoms with Crippen molar-refractivity contribution in [2.75, 3.05) is 18.1 Å². The second-order valence-electron chi connectivity index (χ2n) is 4.58. The lowest BCUT2D eigenvalue weighted by atomic mass is 10.3. The molecule has 0 radical (unpaired) electrons. The molecule has 0 spiro atoms. The predicted octanol–water partition coefficient (Wildman–Crippen LogP) is 1.90. The molecule has 0 aliphatic carbocycles. The Morgan fingerprint density at radius 1 is 0.818 bits per heavy atom. The molecule has 0 heterocycles. The van der Waals surface area contributed by atoms with Crippen LogP contribution in [0.1, 0.15) is 0 Å². The highest BCUT2D eigenvalue weighted by Crippen LogP contribution is 2.20. The fraction of sp³-hybridized carbons (Fsp3) is 0.143. The highest BCUT2D eigenvalue weighted by Gasteiger charge is 2.15. The third-order valence-electron chi connectivity index (χ3n) is 2.90. The lowest BCUT2D eigenvalue weighted by molar-refractivity contribution is 0.415. The molecule has 0 fully saturated rings. The fourth-order valence-electron chi connectivity index (χ4n) is 1.74. The van der Waals surface area contributed by atoms with E-state index < -0.39 is 19.9 Å². The molecule has 0 unspecified atom stereocenters. The summed E-state index contributed by atoms with van der Waals surface area (Å²) in [7, 11) is -5.63. The van der Waals surface area contributed by atoms with Crippen LogP contribution in [0.5, 0.6) is 5.75 Å². The maximum atomic E-state index is 12.2. The van der Waals surface area contributed by atoms with Crippen molar-refractivity contribution in [1.29, 1.82) is 0 Å². The normalized spacial score (nSPS) is 11.9. The zero-order valence-corrected chi connectivity index (χ0v) is 13.6. The molecule has 2 rings (SSSR count). The summed E-state index contributed by atoms with van der Waals surface area (Å²) in [5.74, 6) is 0.612. The Hall–Kier alpha value is -2.06. The molecule has 0 aromatic heterocycles. The molecule has 0 bridgehead atoms. The molecular formula is C14H15NO5S2. The van der Waals surface area contributed by atoms with E-state index in [1.165, 1.54) is 31.4 Å². The van der Waals surface area contributed by atoms with Gasteiger partial charge in [0.1, 0.15) is 5.75 Å². The van der Waals surface area contributed by atoms with Crippen LogP contribution >= 0.6 is 0 Å². The van der Waals surface area contributed by atoms with Crippen LogP contribution in [0.4, 0.5) is 5.69 Å². The predicted molar refractivity (Wildman–Crippen MR) is 83.4 cm³/mol. The lowest BCUT2D eigenvalue weighted by Crippen LogP contribution is -2.13. The number of sulfonamides is 1. The maximum Gasteiger partial charge on any atom is 0.261 e. The maximum absolute atomic E-state index is 12.2. The number of sulfone groups is 1. The van der Waals surface area contributed by atoms with Crippen molar-refractivity contribution in [3.8, 4) is 5.75 Å². The minimum atomic E-state index is -3.78. The number of hydrogen-bond donors (Lipinski definition) is 1. The van der Waals surface area contributed by atoms with E-state index in [1.807, 2.05) is 0 Å². The standard InChI is InChI=1S/C14H15NO5S2/c1-20-12-5-3-11(4-6-12)15-22(18,19)14-9-7-13(8-10-14)21(2,16)17/h3-10,15H,1-2H3. The number of methoxy groups -OCH3 is 1. The van der Waals surface area contributed by atoms with Gasteiger partial charge in [0.05, 0.1) is 16.9 Å². The first kappa shape index (κ1) is 16.3. The highest BCUT2D eigenvalue weighted by molar-refractivity contribution is 7.92. The van der Waals surface area contributed by atoms with Gasteiger partial charge in [-0.25, -0.2) is 16.8 Å². The SMILES string of the molecule is COc1ccc(NS(=O)(=O)c2ccc(S(C)(=O)=O)cc2)cc1. The molecule has 0 amide bonds. The van der Waals surface area contributed by atoms with Crippen molar-refractivity contribution in [3.05, 3.63) is 48.5 Å². The van der Waals surface area contributed by atoms with Crippen molar-refractivity contribution in [3.63, 3.8) is 0 Å². The van der Waals surface area contributed by atoms with Gasteiger partial charge in [-0.05, 0) is 48.5 Å². The van der Waals surface area contributed by atoms with Gasteiger partial charge in [-0.15, -0.1) is 0 Å². The van der Waals surface area contributed by atoms with Crippen LogP contribution in [0.3, 0.4) is 0 Å². The minimum absolute atomic E-state index is 0.0179. The first-order chi connectivity index (χ1) is 10.2. The van der Waals surface area contributed by atoms with Gasteiger partial charge in [-0.3, -0.25) is 4.72 Å². The summed E-state index contributed by atoms with van der Waals surface area (Å²) >= 11 is 0. The summed E-state index contributed by atoms with van der Waals surface area (Å²) in [6.45, 7) is 0. The molecule has 1 N–H and O–H groups in total. The van der Waals surface area contributed by atoms with Gasteiger partial charge in [0.2, 0.25) is 0 Å². The van der Waals surface area contributed by atoms with Crippen LogP contribution in [0.15, 0.2) is 58.3 Å². The average molecular weight is 341 g/mol. The quantitative estimate of drug-likeness (QED) is 0.897. The Morgan fingerprint density at radius 2 is 1.32 bits per heavy atom. The van der Waals surface area contributed by atoms with Crippen molar-refractivity contribution < 1.29 is 21.6 Å². The molecule has 8 heteroatoms. The zero-order chi connectivity index (χ0) is 16.4. The third kappa shape index (κ3) is 3.77. The Balaban J connectivity index is 2.26. The van der Waals surface area contributed by atoms with Crippen LogP contribution in [-0.4, -0.2) is 30.2 Å². The van der Waals surface area contributed by atoms with Crippen molar-refractivity contribution in [1.82, 2.24) is 0 Å². The van der Waals surface area contributed by atoms with E-state index in [0.29, 0.717) is 11.4 Å². The Labute approximate surface area is 129 Å². The molecule has 0 saturated carbocycles. The van der Waals surface area contributed by atoms with Gasteiger partial charge in [0.15, 0.2) is 9.84 Å². The molecule has 0 saturated heterocycles. The molecule has 0 aliphatic rings. The largest absolute Gasteiger partial charge is 0.497 e. The first-order valence-corrected chi connectivity index (χ1v) is 9.57. The number of hydrogen-bond acceptors (Lipinski definition) is 5. The van der Waals surface area contributed by atoms with E-state index >= 15 is 0 Å². The van der Waals surface area contributed by atoms with E-state index in [2.05, 4.69) is 4.72 Å². The minimum Gasteiger partial charge on any atom is -0.497 e. The number of ether oxygens (including phenoxy) is 1. The Morgan fingerprint density at radius 3 is 1.77 bits per heavy atom. The topological polar surface area (TPSA) is 89.5 Å². The van der Waals surface area contributed by atoms with E-state index in [1.54, 1.807) is 24.3 Å². The monoisotopic (exact) mass is 341 g/mol. The smallest absolute Gasteiger partial charge is 0.261 e. The molecule has 118 valence electrons. The number of nitrogens with one attached hydrogen (secondary N) is 1. The van der Waals surface area contributed by atoms with Gasteiger partial charge in [0.25, 0.3) is 10.0 Å². The van der Waals surface area contributed by atoms with Crippen LogP contribution in [0.25, 0.3) is 0 Å². The molecule has 0 aliphatic heterocycles. The molecule has 2 aromatic rings. The lowest BCUT2D eigenvalue weighted by Gasteiger charge is -2.09. The first-order valence-electron chi connectivity index (χ1n) is 6.19. The number of anilines is 1. The van der Waals surface area contributed by atoms with Gasteiger partial charge < -0.3 is 4.74 Å². The Kier molecular flexibility index (Phi) is 4.43. The van der Waals surface area contributed by atoms with Crippen molar-refractivity contribution >= 4 is 25.5 Å².